The number of aliphatic hydroxyl groups is 2. The first-order valence-corrected chi connectivity index (χ1v) is 18.8. The van der Waals surface area contributed by atoms with Gasteiger partial charge < -0.3 is 10.2 Å². The third-order valence-electron chi connectivity index (χ3n) is 8.10. The third-order valence-corrected chi connectivity index (χ3v) is 11.2. The summed E-state index contributed by atoms with van der Waals surface area (Å²) in [5.74, 6) is 0. The average molecular weight is 671 g/mol. The summed E-state index contributed by atoms with van der Waals surface area (Å²) < 4.78 is 11.8. The Morgan fingerprint density at radius 1 is 0.489 bits per heavy atom. The zero-order chi connectivity index (χ0) is 35.2. The molecule has 0 radical (unpaired) electrons. The molecule has 0 amide bonds. The van der Waals surface area contributed by atoms with E-state index in [-0.39, 0.29) is 0 Å². The summed E-state index contributed by atoms with van der Waals surface area (Å²) in [4.78, 5) is 46.6. The summed E-state index contributed by atoms with van der Waals surface area (Å²) in [5, 5.41) is 21.6. The summed E-state index contributed by atoms with van der Waals surface area (Å²) in [7, 11) is -8.57. The molecule has 6 N–H and O–H groups in total. The molecule has 0 bridgehead atoms. The molecule has 45 heavy (non-hydrogen) atoms. The first-order valence-electron chi connectivity index (χ1n) is 15.5. The van der Waals surface area contributed by atoms with Crippen LogP contribution in [0.15, 0.2) is 24.3 Å². The predicted molar refractivity (Wildman–Crippen MR) is 188 cm³/mol. The maximum atomic E-state index is 11.7. The second kappa shape index (κ2) is 13.5. The quantitative estimate of drug-likeness (QED) is 0.171. The number of benzene rings is 2. The molecule has 2 aromatic rings. The lowest BCUT2D eigenvalue weighted by atomic mass is 9.79. The van der Waals surface area contributed by atoms with Crippen molar-refractivity contribution in [3.8, 4) is 0 Å². The SMILES string of the molecule is Cc1cc(C(C)(C)C)c([P+](O)(O)OCC(CO)(CO)CO[P+](O)(O)c2c(C(C)(C)C)cc(C)cc2C(C)(C)C)c(C(C)(C)C)c1. The van der Waals surface area contributed by atoms with Crippen molar-refractivity contribution in [1.29, 1.82) is 0 Å². The molecule has 10 heteroatoms. The van der Waals surface area contributed by atoms with Crippen LogP contribution in [0.3, 0.4) is 0 Å². The van der Waals surface area contributed by atoms with Gasteiger partial charge in [-0.05, 0) is 35.5 Å². The lowest BCUT2D eigenvalue weighted by molar-refractivity contribution is -0.0260. The summed E-state index contributed by atoms with van der Waals surface area (Å²) >= 11 is 0. The molecule has 0 atom stereocenters. The molecule has 0 aliphatic rings. The van der Waals surface area contributed by atoms with Crippen LogP contribution >= 0.6 is 15.9 Å². The van der Waals surface area contributed by atoms with Crippen molar-refractivity contribution in [2.45, 2.75) is 119 Å². The molecular weight excluding hydrogens is 610 g/mol. The summed E-state index contributed by atoms with van der Waals surface area (Å²) in [5.41, 5.74) is 1.54. The van der Waals surface area contributed by atoms with Crippen LogP contribution in [0.25, 0.3) is 0 Å². The van der Waals surface area contributed by atoms with Crippen LogP contribution in [-0.2, 0) is 30.7 Å². The van der Waals surface area contributed by atoms with Crippen LogP contribution in [0.5, 0.6) is 0 Å². The maximum Gasteiger partial charge on any atom is 0.444 e. The first kappa shape index (κ1) is 40.2. The smallest absolute Gasteiger partial charge is 0.396 e. The van der Waals surface area contributed by atoms with Crippen molar-refractivity contribution in [2.24, 2.45) is 5.41 Å². The Labute approximate surface area is 273 Å². The van der Waals surface area contributed by atoms with E-state index in [0.29, 0.717) is 10.6 Å². The Balaban J connectivity index is 2.58. The Morgan fingerprint density at radius 2 is 0.711 bits per heavy atom. The van der Waals surface area contributed by atoms with Crippen LogP contribution < -0.4 is 10.6 Å². The highest BCUT2D eigenvalue weighted by atomic mass is 31.2. The topological polar surface area (TPSA) is 140 Å². The molecule has 0 saturated carbocycles. The molecule has 2 rings (SSSR count). The summed E-state index contributed by atoms with van der Waals surface area (Å²) in [6.45, 7) is 25.5. The van der Waals surface area contributed by atoms with Gasteiger partial charge in [-0.25, -0.2) is 0 Å². The lowest BCUT2D eigenvalue weighted by Crippen LogP contribution is -2.42. The van der Waals surface area contributed by atoms with Gasteiger partial charge in [0.15, 0.2) is 10.6 Å². The Bertz CT molecular complexity index is 1170. The van der Waals surface area contributed by atoms with Gasteiger partial charge in [0.1, 0.15) is 13.2 Å². The van der Waals surface area contributed by atoms with Gasteiger partial charge in [0.05, 0.1) is 18.6 Å². The second-order valence-electron chi connectivity index (χ2n) is 16.9. The fourth-order valence-corrected chi connectivity index (χ4v) is 9.35. The second-order valence-corrected chi connectivity index (χ2v) is 20.5. The van der Waals surface area contributed by atoms with E-state index < -0.39 is 69.4 Å². The van der Waals surface area contributed by atoms with Crippen molar-refractivity contribution in [3.63, 3.8) is 0 Å². The van der Waals surface area contributed by atoms with Gasteiger partial charge in [-0.2, -0.15) is 28.6 Å². The Kier molecular flexibility index (Phi) is 12.0. The number of aliphatic hydroxyl groups excluding tert-OH is 2. The van der Waals surface area contributed by atoms with Gasteiger partial charge in [0.2, 0.25) is 0 Å². The van der Waals surface area contributed by atoms with Crippen molar-refractivity contribution in [2.75, 3.05) is 26.4 Å². The van der Waals surface area contributed by atoms with Crippen molar-refractivity contribution >= 4 is 26.5 Å². The van der Waals surface area contributed by atoms with Crippen LogP contribution in [0.1, 0.15) is 116 Å². The molecule has 0 aromatic heterocycles. The van der Waals surface area contributed by atoms with Crippen molar-refractivity contribution in [3.05, 3.63) is 57.6 Å². The van der Waals surface area contributed by atoms with Crippen molar-refractivity contribution in [1.82, 2.24) is 0 Å². The van der Waals surface area contributed by atoms with Crippen LogP contribution in [-0.4, -0.2) is 56.2 Å². The summed E-state index contributed by atoms with van der Waals surface area (Å²) in [6.07, 6.45) is 0. The van der Waals surface area contributed by atoms with Gasteiger partial charge in [0, 0.05) is 22.3 Å². The summed E-state index contributed by atoms with van der Waals surface area (Å²) in [6, 6.07) is 7.73. The van der Waals surface area contributed by atoms with E-state index in [0.717, 1.165) is 33.4 Å². The third kappa shape index (κ3) is 9.54. The van der Waals surface area contributed by atoms with Gasteiger partial charge in [-0.1, -0.05) is 118 Å². The molecule has 256 valence electrons. The van der Waals surface area contributed by atoms with E-state index in [1.54, 1.807) is 0 Å². The van der Waals surface area contributed by atoms with E-state index in [1.807, 2.05) is 121 Å². The average Bonchev–Trinajstić information content (AvgIpc) is 2.86. The molecular formula is C35H60O8P2+2. The highest BCUT2D eigenvalue weighted by Gasteiger charge is 2.53. The highest BCUT2D eigenvalue weighted by molar-refractivity contribution is 7.68. The van der Waals surface area contributed by atoms with Crippen LogP contribution in [0.2, 0.25) is 0 Å². The Hall–Kier alpha value is -1.02. The number of hydrogen-bond acceptors (Lipinski definition) is 8. The van der Waals surface area contributed by atoms with E-state index in [1.165, 1.54) is 0 Å². The number of rotatable bonds is 10. The number of aryl methyl sites for hydroxylation is 2. The van der Waals surface area contributed by atoms with Gasteiger partial charge in [-0.15, -0.1) is 0 Å². The van der Waals surface area contributed by atoms with E-state index in [2.05, 4.69) is 0 Å². The minimum atomic E-state index is -4.29. The molecule has 0 aliphatic carbocycles. The zero-order valence-electron chi connectivity index (χ0n) is 30.0. The minimum Gasteiger partial charge on any atom is -0.396 e. The molecule has 0 saturated heterocycles. The Morgan fingerprint density at radius 3 is 0.889 bits per heavy atom. The van der Waals surface area contributed by atoms with E-state index in [9.17, 15) is 29.8 Å². The van der Waals surface area contributed by atoms with Gasteiger partial charge >= 0.3 is 15.9 Å². The molecule has 2 aromatic carbocycles. The maximum absolute atomic E-state index is 11.7. The monoisotopic (exact) mass is 670 g/mol. The number of hydrogen-bond donors (Lipinski definition) is 6. The molecule has 0 fully saturated rings. The normalized spacial score (nSPS) is 14.3. The zero-order valence-corrected chi connectivity index (χ0v) is 31.8. The molecule has 8 nitrogen and oxygen atoms in total. The lowest BCUT2D eigenvalue weighted by Gasteiger charge is -2.33. The minimum absolute atomic E-state index is 0.314. The van der Waals surface area contributed by atoms with Crippen molar-refractivity contribution < 1.29 is 38.8 Å². The fraction of sp³-hybridized carbons (Fsp3) is 0.657. The van der Waals surface area contributed by atoms with E-state index >= 15 is 0 Å². The van der Waals surface area contributed by atoms with Gasteiger partial charge in [-0.3, -0.25) is 0 Å². The fourth-order valence-electron chi connectivity index (χ4n) is 5.33. The molecule has 0 aliphatic heterocycles. The standard InChI is InChI=1S/C35H60O8P2/c1-23-15-25(31(3,4)5)29(26(16-23)32(6,7)8)44(38,39)42-21-35(19-36,20-37)22-43-45(40,41)30-27(33(9,10)11)17-24(2)18-28(30)34(12,13)14/h15-18,36-41H,19-22H2,1-14H3/q+2. The predicted octanol–water partition coefficient (Wildman–Crippen LogP) is 5.94. The van der Waals surface area contributed by atoms with E-state index in [4.69, 9.17) is 9.05 Å². The molecule has 0 spiro atoms. The molecule has 0 heterocycles. The first-order chi connectivity index (χ1) is 20.0. The van der Waals surface area contributed by atoms with Crippen LogP contribution in [0, 0.1) is 19.3 Å². The molecule has 0 unspecified atom stereocenters. The highest BCUT2D eigenvalue weighted by Crippen LogP contribution is 2.57. The van der Waals surface area contributed by atoms with Crippen LogP contribution in [0.4, 0.5) is 0 Å². The largest absolute Gasteiger partial charge is 0.444 e. The van der Waals surface area contributed by atoms with Gasteiger partial charge in [0.25, 0.3) is 0 Å².